The molecule has 2 aromatic carbocycles. The van der Waals surface area contributed by atoms with Crippen LogP contribution in [0.4, 0.5) is 11.6 Å². The number of carbonyl (C=O) groups excluding carboxylic acids is 2. The van der Waals surface area contributed by atoms with Crippen LogP contribution in [0.3, 0.4) is 0 Å². The monoisotopic (exact) mass is 545 g/mol. The highest BCUT2D eigenvalue weighted by molar-refractivity contribution is 6.11. The third-order valence-electron chi connectivity index (χ3n) is 6.82. The summed E-state index contributed by atoms with van der Waals surface area (Å²) >= 11 is 0. The zero-order valence-electron chi connectivity index (χ0n) is 23.2. The van der Waals surface area contributed by atoms with Gasteiger partial charge in [0.1, 0.15) is 6.04 Å². The van der Waals surface area contributed by atoms with Crippen LogP contribution in [-0.4, -0.2) is 56.4 Å². The van der Waals surface area contributed by atoms with Gasteiger partial charge in [0, 0.05) is 23.8 Å². The standard InChI is InChI=1S/C30H35N5O5/c1-18(2)34-24-13-12-21(9-8-14-40-25-15-19(3)32-30(31)33-25)17-23(24)28(38)35(20(4)16-26(36)37)27(29(34)39)22-10-6-5-7-11-22/h5-7,10-13,15,17-18,20,27H,8-9,14,16H2,1-4H3,(H,36,37)(H2,31,32,33). The van der Waals surface area contributed by atoms with Crippen LogP contribution in [0.5, 0.6) is 5.88 Å². The van der Waals surface area contributed by atoms with Crippen molar-refractivity contribution in [2.45, 2.75) is 65.1 Å². The van der Waals surface area contributed by atoms with E-state index in [1.807, 2.05) is 51.1 Å². The molecule has 4 rings (SSSR count). The molecule has 0 saturated heterocycles. The molecule has 3 N–H and O–H groups in total. The van der Waals surface area contributed by atoms with Crippen LogP contribution in [0, 0.1) is 6.92 Å². The minimum atomic E-state index is -1.04. The number of rotatable bonds is 10. The van der Waals surface area contributed by atoms with E-state index in [0.717, 1.165) is 5.56 Å². The van der Waals surface area contributed by atoms with Gasteiger partial charge in [0.25, 0.3) is 11.8 Å². The first-order valence-corrected chi connectivity index (χ1v) is 13.4. The van der Waals surface area contributed by atoms with Gasteiger partial charge in [-0.15, -0.1) is 0 Å². The Morgan fingerprint density at radius 3 is 2.45 bits per heavy atom. The quantitative estimate of drug-likeness (QED) is 0.362. The molecular formula is C30H35N5O5. The van der Waals surface area contributed by atoms with Gasteiger partial charge in [0.15, 0.2) is 0 Å². The number of carboxylic acid groups (broad SMARTS) is 1. The van der Waals surface area contributed by atoms with Crippen molar-refractivity contribution in [3.8, 4) is 5.88 Å². The molecule has 40 heavy (non-hydrogen) atoms. The lowest BCUT2D eigenvalue weighted by Crippen LogP contribution is -2.48. The van der Waals surface area contributed by atoms with E-state index < -0.39 is 18.1 Å². The summed E-state index contributed by atoms with van der Waals surface area (Å²) in [5, 5.41) is 9.55. The highest BCUT2D eigenvalue weighted by atomic mass is 16.5. The van der Waals surface area contributed by atoms with Gasteiger partial charge in [-0.05, 0) is 63.8 Å². The van der Waals surface area contributed by atoms with Crippen molar-refractivity contribution in [3.05, 3.63) is 77.0 Å². The molecule has 1 aromatic heterocycles. The van der Waals surface area contributed by atoms with E-state index in [9.17, 15) is 19.5 Å². The molecule has 2 unspecified atom stereocenters. The molecule has 1 aliphatic rings. The average molecular weight is 546 g/mol. The zero-order chi connectivity index (χ0) is 29.0. The lowest BCUT2D eigenvalue weighted by atomic mass is 10.00. The van der Waals surface area contributed by atoms with Crippen molar-refractivity contribution >= 4 is 29.4 Å². The van der Waals surface area contributed by atoms with Crippen molar-refractivity contribution in [3.63, 3.8) is 0 Å². The average Bonchev–Trinajstić information content (AvgIpc) is 2.98. The molecule has 2 atom stereocenters. The largest absolute Gasteiger partial charge is 0.481 e. The van der Waals surface area contributed by atoms with Crippen LogP contribution >= 0.6 is 0 Å². The first-order valence-electron chi connectivity index (χ1n) is 13.4. The SMILES string of the molecule is Cc1cc(OCCCc2ccc3c(c2)C(=O)N(C(C)CC(=O)O)C(c2ccccc2)C(=O)N3C(C)C)nc(N)n1. The highest BCUT2D eigenvalue weighted by Gasteiger charge is 2.43. The summed E-state index contributed by atoms with van der Waals surface area (Å²) in [6.07, 6.45) is 0.973. The van der Waals surface area contributed by atoms with Crippen molar-refractivity contribution in [1.82, 2.24) is 14.9 Å². The number of nitrogens with two attached hydrogens (primary N) is 1. The predicted molar refractivity (Wildman–Crippen MR) is 151 cm³/mol. The number of aromatic nitrogens is 2. The Labute approximate surface area is 233 Å². The van der Waals surface area contributed by atoms with E-state index in [2.05, 4.69) is 9.97 Å². The first kappa shape index (κ1) is 28.5. The molecule has 1 aliphatic heterocycles. The highest BCUT2D eigenvalue weighted by Crippen LogP contribution is 2.38. The van der Waals surface area contributed by atoms with Gasteiger partial charge in [-0.25, -0.2) is 4.98 Å². The molecule has 0 radical (unpaired) electrons. The third-order valence-corrected chi connectivity index (χ3v) is 6.82. The molecule has 0 aliphatic carbocycles. The topological polar surface area (TPSA) is 139 Å². The van der Waals surface area contributed by atoms with Gasteiger partial charge < -0.3 is 25.4 Å². The second kappa shape index (κ2) is 12.1. The number of nitrogen functional groups attached to an aromatic ring is 1. The Balaban J connectivity index is 1.66. The van der Waals surface area contributed by atoms with Crippen molar-refractivity contribution in [2.75, 3.05) is 17.2 Å². The lowest BCUT2D eigenvalue weighted by Gasteiger charge is -2.36. The Morgan fingerprint density at radius 2 is 1.80 bits per heavy atom. The van der Waals surface area contributed by atoms with Gasteiger partial charge >= 0.3 is 5.97 Å². The Kier molecular flexibility index (Phi) is 8.67. The molecule has 0 fully saturated rings. The minimum Gasteiger partial charge on any atom is -0.481 e. The number of fused-ring (bicyclic) bond motifs is 1. The normalized spacial score (nSPS) is 16.1. The predicted octanol–water partition coefficient (Wildman–Crippen LogP) is 4.18. The van der Waals surface area contributed by atoms with Crippen molar-refractivity contribution in [1.29, 1.82) is 0 Å². The van der Waals surface area contributed by atoms with Crippen LogP contribution in [0.15, 0.2) is 54.6 Å². The fourth-order valence-electron chi connectivity index (χ4n) is 5.11. The molecular weight excluding hydrogens is 510 g/mol. The summed E-state index contributed by atoms with van der Waals surface area (Å²) < 4.78 is 5.74. The molecule has 2 amide bonds. The van der Waals surface area contributed by atoms with E-state index in [4.69, 9.17) is 10.5 Å². The lowest BCUT2D eigenvalue weighted by molar-refractivity contribution is -0.139. The molecule has 3 aromatic rings. The summed E-state index contributed by atoms with van der Waals surface area (Å²) in [4.78, 5) is 51.2. The number of benzene rings is 2. The summed E-state index contributed by atoms with van der Waals surface area (Å²) in [7, 11) is 0. The summed E-state index contributed by atoms with van der Waals surface area (Å²) in [5.74, 6) is -1.13. The summed E-state index contributed by atoms with van der Waals surface area (Å²) in [5.41, 5.74) is 8.83. The maximum atomic E-state index is 14.2. The van der Waals surface area contributed by atoms with E-state index in [0.29, 0.717) is 47.8 Å². The molecule has 0 saturated carbocycles. The number of anilines is 2. The van der Waals surface area contributed by atoms with E-state index >= 15 is 0 Å². The van der Waals surface area contributed by atoms with Gasteiger partial charge in [-0.2, -0.15) is 4.98 Å². The van der Waals surface area contributed by atoms with Gasteiger partial charge in [-0.3, -0.25) is 14.4 Å². The smallest absolute Gasteiger partial charge is 0.305 e. The van der Waals surface area contributed by atoms with E-state index in [1.165, 1.54) is 4.90 Å². The molecule has 10 heteroatoms. The van der Waals surface area contributed by atoms with E-state index in [1.54, 1.807) is 36.1 Å². The molecule has 0 spiro atoms. The molecule has 0 bridgehead atoms. The summed E-state index contributed by atoms with van der Waals surface area (Å²) in [6.45, 7) is 7.67. The van der Waals surface area contributed by atoms with Crippen LogP contribution in [-0.2, 0) is 16.0 Å². The number of aryl methyl sites for hydroxylation is 2. The fourth-order valence-corrected chi connectivity index (χ4v) is 5.11. The molecule has 210 valence electrons. The van der Waals surface area contributed by atoms with Gasteiger partial charge in [-0.1, -0.05) is 36.4 Å². The number of amides is 2. The zero-order valence-corrected chi connectivity index (χ0v) is 23.2. The number of aliphatic carboxylic acids is 1. The van der Waals surface area contributed by atoms with Crippen LogP contribution in [0.2, 0.25) is 0 Å². The number of carboxylic acids is 1. The number of ether oxygens (including phenoxy) is 1. The second-order valence-corrected chi connectivity index (χ2v) is 10.3. The van der Waals surface area contributed by atoms with Crippen LogP contribution in [0.1, 0.15) is 66.8 Å². The fraction of sp³-hybridized carbons (Fsp3) is 0.367. The van der Waals surface area contributed by atoms with Crippen molar-refractivity contribution < 1.29 is 24.2 Å². The number of carbonyl (C=O) groups is 3. The first-order chi connectivity index (χ1) is 19.1. The number of nitrogens with zero attached hydrogens (tertiary/aromatic N) is 4. The maximum Gasteiger partial charge on any atom is 0.305 e. The van der Waals surface area contributed by atoms with Crippen LogP contribution in [0.25, 0.3) is 0 Å². The van der Waals surface area contributed by atoms with E-state index in [-0.39, 0.29) is 30.2 Å². The Morgan fingerprint density at radius 1 is 1.07 bits per heavy atom. The Hall–Kier alpha value is -4.47. The third kappa shape index (κ3) is 6.22. The molecule has 2 heterocycles. The summed E-state index contributed by atoms with van der Waals surface area (Å²) in [6, 6.07) is 14.4. The molecule has 10 nitrogen and oxygen atoms in total. The van der Waals surface area contributed by atoms with Gasteiger partial charge in [0.2, 0.25) is 11.8 Å². The number of hydrogen-bond donors (Lipinski definition) is 2. The van der Waals surface area contributed by atoms with Gasteiger partial charge in [0.05, 0.1) is 24.3 Å². The van der Waals surface area contributed by atoms with Crippen LogP contribution < -0.4 is 15.4 Å². The second-order valence-electron chi connectivity index (χ2n) is 10.3. The minimum absolute atomic E-state index is 0.152. The number of hydrogen-bond acceptors (Lipinski definition) is 7. The Bertz CT molecular complexity index is 1370. The maximum absolute atomic E-state index is 14.2. The van der Waals surface area contributed by atoms with Crippen molar-refractivity contribution in [2.24, 2.45) is 0 Å².